The first-order chi connectivity index (χ1) is 9.33. The zero-order valence-electron chi connectivity index (χ0n) is 11.9. The fraction of sp³-hybridized carbons (Fsp3) is 0.571. The largest absolute Gasteiger partial charge is 0.394 e. The molecule has 0 aliphatic rings. The predicted molar refractivity (Wildman–Crippen MR) is 76.7 cm³/mol. The maximum atomic E-state index is 14.1. The van der Waals surface area contributed by atoms with E-state index in [9.17, 15) is 18.1 Å². The molecule has 6 heteroatoms. The summed E-state index contributed by atoms with van der Waals surface area (Å²) in [5.41, 5.74) is -1.72. The highest BCUT2D eigenvalue weighted by atomic mass is 32.2. The van der Waals surface area contributed by atoms with Gasteiger partial charge in [-0.3, -0.25) is 0 Å². The minimum absolute atomic E-state index is 0.0189. The second-order valence-corrected chi connectivity index (χ2v) is 6.46. The van der Waals surface area contributed by atoms with E-state index in [1.165, 1.54) is 25.1 Å². The summed E-state index contributed by atoms with van der Waals surface area (Å²) in [7, 11) is -1.57. The van der Waals surface area contributed by atoms with Crippen LogP contribution in [0.2, 0.25) is 0 Å². The predicted octanol–water partition coefficient (Wildman–Crippen LogP) is 2.28. The van der Waals surface area contributed by atoms with Gasteiger partial charge in [-0.1, -0.05) is 32.0 Å². The quantitative estimate of drug-likeness (QED) is 0.812. The molecule has 0 amide bonds. The number of benzene rings is 1. The molecule has 0 spiro atoms. The number of alkyl halides is 1. The second-order valence-electron chi connectivity index (χ2n) is 5.23. The van der Waals surface area contributed by atoms with Gasteiger partial charge in [0.25, 0.3) is 0 Å². The molecule has 114 valence electrons. The van der Waals surface area contributed by atoms with Crippen LogP contribution in [-0.4, -0.2) is 27.8 Å². The molecule has 20 heavy (non-hydrogen) atoms. The molecule has 0 bridgehead atoms. The van der Waals surface area contributed by atoms with E-state index in [0.717, 1.165) is 0 Å². The average molecular weight is 305 g/mol. The van der Waals surface area contributed by atoms with Gasteiger partial charge >= 0.3 is 0 Å². The first-order valence-electron chi connectivity index (χ1n) is 6.49. The summed E-state index contributed by atoms with van der Waals surface area (Å²) in [6.45, 7) is 4.28. The Labute approximate surface area is 121 Å². The molecule has 0 fully saturated rings. The zero-order chi connectivity index (χ0) is 15.3. The Bertz CT molecular complexity index is 468. The van der Waals surface area contributed by atoms with Gasteiger partial charge in [0.1, 0.15) is 17.5 Å². The summed E-state index contributed by atoms with van der Waals surface area (Å²) in [6, 6.07) is 5.61. The Balaban J connectivity index is 3.17. The van der Waals surface area contributed by atoms with Crippen LogP contribution in [0.15, 0.2) is 24.3 Å². The van der Waals surface area contributed by atoms with Gasteiger partial charge in [0.2, 0.25) is 0 Å². The lowest BCUT2D eigenvalue weighted by atomic mass is 9.87. The van der Waals surface area contributed by atoms with E-state index in [2.05, 4.69) is 4.72 Å². The Morgan fingerprint density at radius 3 is 2.40 bits per heavy atom. The summed E-state index contributed by atoms with van der Waals surface area (Å²) < 4.78 is 42.6. The van der Waals surface area contributed by atoms with Crippen molar-refractivity contribution >= 4 is 11.0 Å². The van der Waals surface area contributed by atoms with E-state index >= 15 is 0 Å². The molecule has 0 radical (unpaired) electrons. The molecule has 1 unspecified atom stereocenters. The summed E-state index contributed by atoms with van der Waals surface area (Å²) in [6.07, 6.45) is -1.61. The van der Waals surface area contributed by atoms with E-state index in [1.807, 2.05) is 13.8 Å². The molecule has 0 aliphatic carbocycles. The molecular formula is C14H21F2NO2S. The minimum Gasteiger partial charge on any atom is -0.394 e. The SMILES string of the molecule is CC(C)CS(=O)N[C@@](CO)(c1ccccc1F)[C@@H](C)F. The highest BCUT2D eigenvalue weighted by Gasteiger charge is 2.41. The first kappa shape index (κ1) is 17.2. The van der Waals surface area contributed by atoms with Gasteiger partial charge in [0, 0.05) is 11.3 Å². The Morgan fingerprint density at radius 2 is 1.95 bits per heavy atom. The van der Waals surface area contributed by atoms with Crippen LogP contribution in [0.3, 0.4) is 0 Å². The van der Waals surface area contributed by atoms with Crippen molar-refractivity contribution in [3.8, 4) is 0 Å². The summed E-state index contributed by atoms with van der Waals surface area (Å²) in [4.78, 5) is 0. The van der Waals surface area contributed by atoms with E-state index in [4.69, 9.17) is 0 Å². The zero-order valence-corrected chi connectivity index (χ0v) is 12.7. The van der Waals surface area contributed by atoms with E-state index in [-0.39, 0.29) is 11.5 Å². The number of aliphatic hydroxyl groups excluding tert-OH is 1. The van der Waals surface area contributed by atoms with Crippen LogP contribution in [0.1, 0.15) is 26.3 Å². The van der Waals surface area contributed by atoms with E-state index in [0.29, 0.717) is 5.75 Å². The third kappa shape index (κ3) is 3.84. The van der Waals surface area contributed by atoms with Crippen LogP contribution in [-0.2, 0) is 16.5 Å². The molecule has 0 saturated heterocycles. The lowest BCUT2D eigenvalue weighted by Crippen LogP contribution is -2.53. The van der Waals surface area contributed by atoms with Gasteiger partial charge in [0.15, 0.2) is 0 Å². The maximum absolute atomic E-state index is 14.1. The average Bonchev–Trinajstić information content (AvgIpc) is 2.35. The van der Waals surface area contributed by atoms with Crippen LogP contribution in [0, 0.1) is 11.7 Å². The summed E-state index contributed by atoms with van der Waals surface area (Å²) >= 11 is 0. The molecule has 1 aromatic carbocycles. The highest BCUT2D eigenvalue weighted by molar-refractivity contribution is 7.83. The number of nitrogens with one attached hydrogen (secondary N) is 1. The van der Waals surface area contributed by atoms with Gasteiger partial charge in [0.05, 0.1) is 17.6 Å². The maximum Gasteiger partial charge on any atom is 0.128 e. The molecule has 3 atom stereocenters. The standard InChI is InChI=1S/C14H21F2NO2S/c1-10(2)8-20(19)17-14(9-18,11(3)15)12-6-4-5-7-13(12)16/h4-7,10-11,17-18H,8-9H2,1-3H3/t11-,14-,20?/m1/s1. The van der Waals surface area contributed by atoms with Crippen molar-refractivity contribution in [2.45, 2.75) is 32.5 Å². The van der Waals surface area contributed by atoms with Gasteiger partial charge in [-0.05, 0) is 18.9 Å². The van der Waals surface area contributed by atoms with Crippen molar-refractivity contribution in [3.63, 3.8) is 0 Å². The monoisotopic (exact) mass is 305 g/mol. The van der Waals surface area contributed by atoms with Crippen molar-refractivity contribution in [1.82, 2.24) is 4.72 Å². The van der Waals surface area contributed by atoms with Gasteiger partial charge in [-0.2, -0.15) is 0 Å². The summed E-state index contributed by atoms with van der Waals surface area (Å²) in [5.74, 6) is -0.210. The Hall–Kier alpha value is -0.850. The Kier molecular flexibility index (Phi) is 6.23. The summed E-state index contributed by atoms with van der Waals surface area (Å²) in [5, 5.41) is 9.60. The third-order valence-corrected chi connectivity index (χ3v) is 4.62. The third-order valence-electron chi connectivity index (χ3n) is 3.06. The molecule has 0 aromatic heterocycles. The van der Waals surface area contributed by atoms with Crippen molar-refractivity contribution in [1.29, 1.82) is 0 Å². The second kappa shape index (κ2) is 7.24. The van der Waals surface area contributed by atoms with Gasteiger partial charge in [-0.15, -0.1) is 0 Å². The van der Waals surface area contributed by atoms with Crippen LogP contribution in [0.4, 0.5) is 8.78 Å². The van der Waals surface area contributed by atoms with Crippen molar-refractivity contribution < 1.29 is 18.1 Å². The molecule has 3 nitrogen and oxygen atoms in total. The normalized spacial score (nSPS) is 17.8. The fourth-order valence-corrected chi connectivity index (χ4v) is 3.40. The molecule has 2 N–H and O–H groups in total. The first-order valence-corrected chi connectivity index (χ1v) is 7.81. The van der Waals surface area contributed by atoms with E-state index in [1.54, 1.807) is 6.07 Å². The fourth-order valence-electron chi connectivity index (χ4n) is 1.96. The highest BCUT2D eigenvalue weighted by Crippen LogP contribution is 2.29. The molecule has 1 aromatic rings. The van der Waals surface area contributed by atoms with Crippen LogP contribution >= 0.6 is 0 Å². The van der Waals surface area contributed by atoms with E-state index < -0.39 is 35.1 Å². The minimum atomic E-state index is -1.70. The topological polar surface area (TPSA) is 49.3 Å². The lowest BCUT2D eigenvalue weighted by Gasteiger charge is -2.34. The lowest BCUT2D eigenvalue weighted by molar-refractivity contribution is 0.100. The molecule has 0 heterocycles. The van der Waals surface area contributed by atoms with Crippen molar-refractivity contribution in [3.05, 3.63) is 35.6 Å². The molecule has 0 aliphatic heterocycles. The van der Waals surface area contributed by atoms with Crippen molar-refractivity contribution in [2.75, 3.05) is 12.4 Å². The number of hydrogen-bond donors (Lipinski definition) is 2. The van der Waals surface area contributed by atoms with Crippen molar-refractivity contribution in [2.24, 2.45) is 5.92 Å². The smallest absolute Gasteiger partial charge is 0.128 e. The molecule has 1 rings (SSSR count). The van der Waals surface area contributed by atoms with Crippen LogP contribution < -0.4 is 4.72 Å². The van der Waals surface area contributed by atoms with Gasteiger partial charge < -0.3 is 5.11 Å². The number of hydrogen-bond acceptors (Lipinski definition) is 2. The number of aliphatic hydroxyl groups is 1. The van der Waals surface area contributed by atoms with Crippen LogP contribution in [0.5, 0.6) is 0 Å². The molecular weight excluding hydrogens is 284 g/mol. The molecule has 0 saturated carbocycles. The number of rotatable bonds is 7. The van der Waals surface area contributed by atoms with Gasteiger partial charge in [-0.25, -0.2) is 17.7 Å². The number of halogens is 2. The Morgan fingerprint density at radius 1 is 1.35 bits per heavy atom. The van der Waals surface area contributed by atoms with Crippen LogP contribution in [0.25, 0.3) is 0 Å².